The van der Waals surface area contributed by atoms with E-state index in [0.717, 1.165) is 45.6 Å². The number of likely N-dealkylation sites (N-methyl/N-ethyl adjacent to an activating group) is 1. The molecule has 0 unspecified atom stereocenters. The molecule has 1 amide bonds. The maximum atomic E-state index is 13.1. The summed E-state index contributed by atoms with van der Waals surface area (Å²) < 4.78 is 18.4. The van der Waals surface area contributed by atoms with Gasteiger partial charge in [0.2, 0.25) is 6.79 Å². The van der Waals surface area contributed by atoms with Crippen molar-refractivity contribution in [3.63, 3.8) is 0 Å². The molecule has 1 fully saturated rings. The van der Waals surface area contributed by atoms with Gasteiger partial charge in [0, 0.05) is 29.7 Å². The fourth-order valence-corrected chi connectivity index (χ4v) is 5.19. The third kappa shape index (κ3) is 3.94. The molecule has 7 nitrogen and oxygen atoms in total. The summed E-state index contributed by atoms with van der Waals surface area (Å²) in [7, 11) is 1.63. The van der Waals surface area contributed by atoms with Crippen LogP contribution in [0.15, 0.2) is 58.4 Å². The van der Waals surface area contributed by atoms with Crippen LogP contribution in [0, 0.1) is 13.8 Å². The Morgan fingerprint density at radius 1 is 1.09 bits per heavy atom. The van der Waals surface area contributed by atoms with Gasteiger partial charge in [0.15, 0.2) is 16.7 Å². The summed E-state index contributed by atoms with van der Waals surface area (Å²) in [6, 6.07) is 15.5. The van der Waals surface area contributed by atoms with Crippen molar-refractivity contribution in [3.05, 3.63) is 70.4 Å². The van der Waals surface area contributed by atoms with E-state index in [4.69, 9.17) is 19.2 Å². The number of methoxy groups -OCH3 is 1. The number of rotatable bonds is 5. The molecule has 2 aromatic carbocycles. The Morgan fingerprint density at radius 2 is 1.85 bits per heavy atom. The van der Waals surface area contributed by atoms with Crippen LogP contribution in [0.2, 0.25) is 0 Å². The summed E-state index contributed by atoms with van der Waals surface area (Å²) in [5.41, 5.74) is 4.87. The molecule has 34 heavy (non-hydrogen) atoms. The number of amides is 1. The minimum Gasteiger partial charge on any atom is -0.497 e. The van der Waals surface area contributed by atoms with E-state index in [2.05, 4.69) is 24.5 Å². The first-order valence-corrected chi connectivity index (χ1v) is 11.8. The number of aliphatic imine (C=N–C) groups is 1. The first-order chi connectivity index (χ1) is 16.5. The van der Waals surface area contributed by atoms with Crippen LogP contribution in [-0.4, -0.2) is 41.0 Å². The summed E-state index contributed by atoms with van der Waals surface area (Å²) in [6.45, 7) is 6.86. The van der Waals surface area contributed by atoms with Crippen molar-refractivity contribution < 1.29 is 19.0 Å². The lowest BCUT2D eigenvalue weighted by Crippen LogP contribution is -2.28. The number of fused-ring (bicyclic) bond motifs is 1. The molecular weight excluding hydrogens is 450 g/mol. The predicted octanol–water partition coefficient (Wildman–Crippen LogP) is 5.46. The number of nitrogens with zero attached hydrogens (tertiary/aromatic N) is 3. The third-order valence-electron chi connectivity index (χ3n) is 5.87. The molecule has 0 saturated carbocycles. The van der Waals surface area contributed by atoms with E-state index >= 15 is 0 Å². The summed E-state index contributed by atoms with van der Waals surface area (Å²) in [5, 5.41) is 0.675. The van der Waals surface area contributed by atoms with Crippen molar-refractivity contribution >= 4 is 34.6 Å². The highest BCUT2D eigenvalue weighted by Gasteiger charge is 2.32. The van der Waals surface area contributed by atoms with Crippen LogP contribution in [0.4, 0.5) is 5.69 Å². The number of amidine groups is 1. The second-order valence-corrected chi connectivity index (χ2v) is 8.96. The van der Waals surface area contributed by atoms with E-state index in [9.17, 15) is 4.79 Å². The predicted molar refractivity (Wildman–Crippen MR) is 134 cm³/mol. The summed E-state index contributed by atoms with van der Waals surface area (Å²) >= 11 is 1.40. The van der Waals surface area contributed by atoms with Gasteiger partial charge in [0.05, 0.1) is 17.7 Å². The maximum Gasteiger partial charge on any atom is 0.266 e. The largest absolute Gasteiger partial charge is 0.497 e. The average Bonchev–Trinajstić information content (AvgIpc) is 3.50. The molecule has 2 aliphatic heterocycles. The van der Waals surface area contributed by atoms with Crippen molar-refractivity contribution in [1.29, 1.82) is 0 Å². The van der Waals surface area contributed by atoms with Crippen molar-refractivity contribution in [2.45, 2.75) is 20.8 Å². The van der Waals surface area contributed by atoms with E-state index in [1.165, 1.54) is 11.8 Å². The number of carbonyl (C=O) groups excluding carboxylic acids is 1. The van der Waals surface area contributed by atoms with Gasteiger partial charge in [-0.3, -0.25) is 9.69 Å². The highest BCUT2D eigenvalue weighted by atomic mass is 32.2. The Morgan fingerprint density at radius 3 is 2.59 bits per heavy atom. The molecule has 3 aromatic rings. The van der Waals surface area contributed by atoms with Crippen LogP contribution in [0.3, 0.4) is 0 Å². The van der Waals surface area contributed by atoms with Crippen LogP contribution >= 0.6 is 11.8 Å². The molecule has 1 aromatic heterocycles. The number of hydrogen-bond acceptors (Lipinski definition) is 6. The summed E-state index contributed by atoms with van der Waals surface area (Å²) in [6.07, 6.45) is 1.96. The average molecular weight is 476 g/mol. The molecule has 0 N–H and O–H groups in total. The number of thioether (sulfide) groups is 1. The van der Waals surface area contributed by atoms with Gasteiger partial charge >= 0.3 is 0 Å². The molecule has 0 bridgehead atoms. The molecule has 0 atom stereocenters. The fourth-order valence-electron chi connectivity index (χ4n) is 4.13. The van der Waals surface area contributed by atoms with E-state index in [1.807, 2.05) is 55.5 Å². The van der Waals surface area contributed by atoms with Crippen LogP contribution in [-0.2, 0) is 4.79 Å². The van der Waals surface area contributed by atoms with Crippen LogP contribution in [0.1, 0.15) is 23.9 Å². The van der Waals surface area contributed by atoms with E-state index in [-0.39, 0.29) is 12.7 Å². The Balaban J connectivity index is 1.47. The van der Waals surface area contributed by atoms with E-state index in [0.29, 0.717) is 16.6 Å². The Kier molecular flexibility index (Phi) is 5.83. The van der Waals surface area contributed by atoms with Gasteiger partial charge in [-0.25, -0.2) is 4.99 Å². The molecule has 0 spiro atoms. The topological polar surface area (TPSA) is 65.3 Å². The quantitative estimate of drug-likeness (QED) is 0.459. The van der Waals surface area contributed by atoms with Crippen LogP contribution in [0.5, 0.6) is 17.2 Å². The summed E-state index contributed by atoms with van der Waals surface area (Å²) in [5.74, 6) is 2.23. The van der Waals surface area contributed by atoms with Crippen molar-refractivity contribution in [1.82, 2.24) is 9.47 Å². The van der Waals surface area contributed by atoms with Gasteiger partial charge in [-0.1, -0.05) is 0 Å². The SMILES string of the molecule is CCN1C(=O)/C(=C\c2cc(C)n(-c3ccc4c(c3)OCO4)c2C)SC1=Nc1ccc(OC)cc1. The Labute approximate surface area is 202 Å². The van der Waals surface area contributed by atoms with Gasteiger partial charge in [-0.05, 0) is 86.6 Å². The second kappa shape index (κ2) is 8.95. The second-order valence-electron chi connectivity index (χ2n) is 7.95. The molecule has 1 saturated heterocycles. The van der Waals surface area contributed by atoms with Crippen molar-refractivity contribution in [2.75, 3.05) is 20.4 Å². The molecule has 0 aliphatic carbocycles. The smallest absolute Gasteiger partial charge is 0.266 e. The lowest BCUT2D eigenvalue weighted by atomic mass is 10.2. The third-order valence-corrected chi connectivity index (χ3v) is 6.88. The first-order valence-electron chi connectivity index (χ1n) is 11.0. The molecule has 3 heterocycles. The van der Waals surface area contributed by atoms with E-state index < -0.39 is 0 Å². The zero-order valence-electron chi connectivity index (χ0n) is 19.5. The Hall–Kier alpha value is -3.65. The summed E-state index contributed by atoms with van der Waals surface area (Å²) in [4.78, 5) is 20.2. The van der Waals surface area contributed by atoms with Crippen LogP contribution in [0.25, 0.3) is 11.8 Å². The lowest BCUT2D eigenvalue weighted by Gasteiger charge is -2.12. The van der Waals surface area contributed by atoms with Crippen LogP contribution < -0.4 is 14.2 Å². The number of carbonyl (C=O) groups is 1. The fraction of sp³-hybridized carbons (Fsp3) is 0.231. The first kappa shape index (κ1) is 22.2. The zero-order valence-corrected chi connectivity index (χ0v) is 20.3. The molecule has 174 valence electrons. The van der Waals surface area contributed by atoms with Gasteiger partial charge in [-0.2, -0.15) is 0 Å². The monoisotopic (exact) mass is 475 g/mol. The standard InChI is InChI=1S/C26H25N3O4S/c1-5-28-25(30)24(34-26(28)27-19-6-9-21(31-4)10-7-19)13-18-12-16(2)29(17(18)3)20-8-11-22-23(14-20)33-15-32-22/h6-14H,5,15H2,1-4H3/b24-13+,27-26?. The molecule has 0 radical (unpaired) electrons. The highest BCUT2D eigenvalue weighted by molar-refractivity contribution is 8.18. The number of aromatic nitrogens is 1. The van der Waals surface area contributed by atoms with Gasteiger partial charge < -0.3 is 18.8 Å². The molecule has 2 aliphatic rings. The molecular formula is C26H25N3O4S. The van der Waals surface area contributed by atoms with E-state index in [1.54, 1.807) is 12.0 Å². The Bertz CT molecular complexity index is 1320. The minimum atomic E-state index is -0.0346. The van der Waals surface area contributed by atoms with Crippen molar-refractivity contribution in [3.8, 4) is 22.9 Å². The zero-order chi connectivity index (χ0) is 23.8. The normalized spacial score (nSPS) is 17.3. The van der Waals surface area contributed by atoms with Gasteiger partial charge in [-0.15, -0.1) is 0 Å². The lowest BCUT2D eigenvalue weighted by molar-refractivity contribution is -0.122. The van der Waals surface area contributed by atoms with Gasteiger partial charge in [0.25, 0.3) is 5.91 Å². The molecule has 5 rings (SSSR count). The maximum absolute atomic E-state index is 13.1. The molecule has 8 heteroatoms. The highest BCUT2D eigenvalue weighted by Crippen LogP contribution is 2.37. The number of hydrogen-bond donors (Lipinski definition) is 0. The number of benzene rings is 2. The van der Waals surface area contributed by atoms with Crippen molar-refractivity contribution in [2.24, 2.45) is 4.99 Å². The minimum absolute atomic E-state index is 0.0346. The number of aryl methyl sites for hydroxylation is 1. The number of ether oxygens (including phenoxy) is 3. The van der Waals surface area contributed by atoms with Gasteiger partial charge in [0.1, 0.15) is 5.75 Å².